The maximum Gasteiger partial charge on any atom is 0.269 e. The summed E-state index contributed by atoms with van der Waals surface area (Å²) in [5, 5.41) is 4.93. The van der Waals surface area contributed by atoms with Crippen molar-refractivity contribution in [2.24, 2.45) is 5.14 Å². The summed E-state index contributed by atoms with van der Waals surface area (Å²) >= 11 is 5.75. The van der Waals surface area contributed by atoms with Gasteiger partial charge in [0.1, 0.15) is 10.6 Å². The molecule has 0 atom stereocenters. The molecular weight excluding hydrogens is 394 g/mol. The minimum Gasteiger partial charge on any atom is -0.493 e. The molecule has 0 radical (unpaired) electrons. The Kier molecular flexibility index (Phi) is 6.78. The molecule has 0 fully saturated rings. The lowest BCUT2D eigenvalue weighted by molar-refractivity contribution is -0.122. The summed E-state index contributed by atoms with van der Waals surface area (Å²) in [4.78, 5) is 23.4. The molecule has 144 valence electrons. The van der Waals surface area contributed by atoms with Gasteiger partial charge in [-0.2, -0.15) is 0 Å². The van der Waals surface area contributed by atoms with Crippen LogP contribution in [-0.4, -0.2) is 26.8 Å². The van der Waals surface area contributed by atoms with Crippen LogP contribution in [0.2, 0.25) is 5.02 Å². The van der Waals surface area contributed by atoms with Gasteiger partial charge in [0.25, 0.3) is 5.91 Å². The molecule has 0 aliphatic rings. The number of hydrazine groups is 1. The zero-order valence-electron chi connectivity index (χ0n) is 14.4. The molecule has 0 heterocycles. The zero-order valence-corrected chi connectivity index (χ0v) is 15.9. The fourth-order valence-electron chi connectivity index (χ4n) is 2.02. The molecule has 0 unspecified atom stereocenters. The Bertz CT molecular complexity index is 946. The SMILES string of the molecule is Cc1ccc(OCCC(=O)NNC(=O)c2ccc(Cl)c(S(N)(=O)=O)c2)cc1. The number of amides is 2. The number of benzene rings is 2. The Hall–Kier alpha value is -2.62. The van der Waals surface area contributed by atoms with Gasteiger partial charge in [-0.3, -0.25) is 20.4 Å². The molecule has 10 heteroatoms. The van der Waals surface area contributed by atoms with E-state index in [0.717, 1.165) is 11.6 Å². The topological polar surface area (TPSA) is 128 Å². The van der Waals surface area contributed by atoms with Gasteiger partial charge in [0.15, 0.2) is 0 Å². The molecule has 0 bridgehead atoms. The van der Waals surface area contributed by atoms with Crippen LogP contribution in [0.1, 0.15) is 22.3 Å². The van der Waals surface area contributed by atoms with Gasteiger partial charge in [-0.25, -0.2) is 13.6 Å². The monoisotopic (exact) mass is 411 g/mol. The number of primary sulfonamides is 1. The molecule has 0 spiro atoms. The largest absolute Gasteiger partial charge is 0.493 e. The van der Waals surface area contributed by atoms with Gasteiger partial charge in [-0.05, 0) is 37.3 Å². The van der Waals surface area contributed by atoms with Gasteiger partial charge < -0.3 is 4.74 Å². The summed E-state index contributed by atoms with van der Waals surface area (Å²) in [6.45, 7) is 2.08. The molecule has 2 rings (SSSR count). The standard InChI is InChI=1S/C17H18ClN3O5S/c1-11-2-5-13(6-3-11)26-9-8-16(22)20-21-17(23)12-4-7-14(18)15(10-12)27(19,24)25/h2-7,10H,8-9H2,1H3,(H,20,22)(H,21,23)(H2,19,24,25). The first-order chi connectivity index (χ1) is 12.7. The molecule has 2 aromatic rings. The Morgan fingerprint density at radius 1 is 1.11 bits per heavy atom. The Morgan fingerprint density at radius 2 is 1.78 bits per heavy atom. The lowest BCUT2D eigenvalue weighted by Gasteiger charge is -2.10. The third-order valence-electron chi connectivity index (χ3n) is 3.43. The van der Waals surface area contributed by atoms with Crippen LogP contribution in [0.5, 0.6) is 5.75 Å². The van der Waals surface area contributed by atoms with Crippen molar-refractivity contribution in [3.8, 4) is 5.75 Å². The summed E-state index contributed by atoms with van der Waals surface area (Å²) in [5.74, 6) is -0.561. The van der Waals surface area contributed by atoms with E-state index < -0.39 is 21.8 Å². The summed E-state index contributed by atoms with van der Waals surface area (Å²) in [6.07, 6.45) is 0.0111. The average molecular weight is 412 g/mol. The summed E-state index contributed by atoms with van der Waals surface area (Å²) in [7, 11) is -4.08. The number of carbonyl (C=O) groups excluding carboxylic acids is 2. The maximum atomic E-state index is 12.0. The molecule has 27 heavy (non-hydrogen) atoms. The highest BCUT2D eigenvalue weighted by atomic mass is 35.5. The molecular formula is C17H18ClN3O5S. The van der Waals surface area contributed by atoms with E-state index in [1.807, 2.05) is 19.1 Å². The number of nitrogens with two attached hydrogens (primary N) is 1. The molecule has 0 aliphatic heterocycles. The second-order valence-electron chi connectivity index (χ2n) is 5.60. The van der Waals surface area contributed by atoms with Crippen molar-refractivity contribution in [3.05, 3.63) is 58.6 Å². The average Bonchev–Trinajstić information content (AvgIpc) is 2.61. The fourth-order valence-corrected chi connectivity index (χ4v) is 3.09. The maximum absolute atomic E-state index is 12.0. The highest BCUT2D eigenvalue weighted by molar-refractivity contribution is 7.89. The Balaban J connectivity index is 1.84. The first-order valence-electron chi connectivity index (χ1n) is 7.78. The molecule has 8 nitrogen and oxygen atoms in total. The van der Waals surface area contributed by atoms with E-state index >= 15 is 0 Å². The number of hydrogen-bond donors (Lipinski definition) is 3. The Labute approximate surface area is 161 Å². The minimum absolute atomic E-state index is 0.0111. The van der Waals surface area contributed by atoms with Crippen LogP contribution >= 0.6 is 11.6 Å². The predicted octanol–water partition coefficient (Wildman–Crippen LogP) is 1.53. The van der Waals surface area contributed by atoms with Crippen molar-refractivity contribution in [2.45, 2.75) is 18.2 Å². The predicted molar refractivity (Wildman–Crippen MR) is 99.7 cm³/mol. The molecule has 2 aromatic carbocycles. The van der Waals surface area contributed by atoms with Crippen molar-refractivity contribution < 1.29 is 22.7 Å². The van der Waals surface area contributed by atoms with Crippen LogP contribution < -0.4 is 20.7 Å². The van der Waals surface area contributed by atoms with E-state index in [-0.39, 0.29) is 28.5 Å². The molecule has 2 amide bonds. The van der Waals surface area contributed by atoms with Gasteiger partial charge in [0.05, 0.1) is 18.1 Å². The van der Waals surface area contributed by atoms with Gasteiger partial charge in [-0.15, -0.1) is 0 Å². The highest BCUT2D eigenvalue weighted by Crippen LogP contribution is 2.21. The van der Waals surface area contributed by atoms with Crippen LogP contribution in [0.15, 0.2) is 47.4 Å². The third kappa shape index (κ3) is 6.24. The van der Waals surface area contributed by atoms with Gasteiger partial charge in [-0.1, -0.05) is 29.3 Å². The van der Waals surface area contributed by atoms with Gasteiger partial charge in [0, 0.05) is 5.56 Å². The van der Waals surface area contributed by atoms with Crippen molar-refractivity contribution in [1.29, 1.82) is 0 Å². The van der Waals surface area contributed by atoms with Crippen molar-refractivity contribution >= 4 is 33.4 Å². The number of aryl methyl sites for hydroxylation is 1. The molecule has 4 N–H and O–H groups in total. The van der Waals surface area contributed by atoms with Crippen LogP contribution in [0.3, 0.4) is 0 Å². The molecule has 0 saturated heterocycles. The first-order valence-corrected chi connectivity index (χ1v) is 9.70. The summed E-state index contributed by atoms with van der Waals surface area (Å²) in [6, 6.07) is 10.9. The van der Waals surface area contributed by atoms with Crippen molar-refractivity contribution in [1.82, 2.24) is 10.9 Å². The number of hydrogen-bond acceptors (Lipinski definition) is 5. The van der Waals surface area contributed by atoms with Crippen LogP contribution in [0.4, 0.5) is 0 Å². The van der Waals surface area contributed by atoms with E-state index in [0.29, 0.717) is 5.75 Å². The number of rotatable bonds is 6. The van der Waals surface area contributed by atoms with Crippen LogP contribution in [0.25, 0.3) is 0 Å². The van der Waals surface area contributed by atoms with Crippen molar-refractivity contribution in [2.75, 3.05) is 6.61 Å². The molecule has 0 saturated carbocycles. The smallest absolute Gasteiger partial charge is 0.269 e. The second-order valence-corrected chi connectivity index (χ2v) is 7.54. The van der Waals surface area contributed by atoms with Crippen LogP contribution in [-0.2, 0) is 14.8 Å². The number of sulfonamides is 1. The third-order valence-corrected chi connectivity index (χ3v) is 4.83. The fraction of sp³-hybridized carbons (Fsp3) is 0.176. The Morgan fingerprint density at radius 3 is 2.41 bits per heavy atom. The second kappa shape index (κ2) is 8.85. The first kappa shape index (κ1) is 20.7. The number of halogens is 1. The lowest BCUT2D eigenvalue weighted by Crippen LogP contribution is -2.42. The van der Waals surface area contributed by atoms with E-state index in [2.05, 4.69) is 10.9 Å². The zero-order chi connectivity index (χ0) is 20.0. The van der Waals surface area contributed by atoms with Gasteiger partial charge >= 0.3 is 0 Å². The van der Waals surface area contributed by atoms with Gasteiger partial charge in [0.2, 0.25) is 15.9 Å². The van der Waals surface area contributed by atoms with E-state index in [9.17, 15) is 18.0 Å². The minimum atomic E-state index is -4.08. The summed E-state index contributed by atoms with van der Waals surface area (Å²) < 4.78 is 28.3. The summed E-state index contributed by atoms with van der Waals surface area (Å²) in [5.41, 5.74) is 5.46. The quantitative estimate of drug-likeness (QED) is 0.621. The molecule has 0 aromatic heterocycles. The molecule has 0 aliphatic carbocycles. The van der Waals surface area contributed by atoms with Crippen LogP contribution in [0, 0.1) is 6.92 Å². The number of carbonyl (C=O) groups is 2. The number of nitrogens with one attached hydrogen (secondary N) is 2. The lowest BCUT2D eigenvalue weighted by atomic mass is 10.2. The van der Waals surface area contributed by atoms with E-state index in [1.54, 1.807) is 12.1 Å². The highest BCUT2D eigenvalue weighted by Gasteiger charge is 2.16. The van der Waals surface area contributed by atoms with E-state index in [4.69, 9.17) is 21.5 Å². The van der Waals surface area contributed by atoms with Crippen molar-refractivity contribution in [3.63, 3.8) is 0 Å². The normalized spacial score (nSPS) is 10.9. The van der Waals surface area contributed by atoms with E-state index in [1.165, 1.54) is 12.1 Å². The number of ether oxygens (including phenoxy) is 1.